The van der Waals surface area contributed by atoms with E-state index in [2.05, 4.69) is 43.9 Å². The van der Waals surface area contributed by atoms with Gasteiger partial charge in [0.25, 0.3) is 0 Å². The average molecular weight is 154 g/mol. The van der Waals surface area contributed by atoms with Gasteiger partial charge in [-0.1, -0.05) is 6.92 Å². The second kappa shape index (κ2) is 3.26. The summed E-state index contributed by atoms with van der Waals surface area (Å²) in [6.45, 7) is 5.50. The molecule has 0 aromatic heterocycles. The van der Waals surface area contributed by atoms with Crippen LogP contribution in [-0.2, 0) is 0 Å². The van der Waals surface area contributed by atoms with E-state index in [-0.39, 0.29) is 0 Å². The van der Waals surface area contributed by atoms with Crippen LogP contribution in [0.1, 0.15) is 20.3 Å². The van der Waals surface area contributed by atoms with Crippen LogP contribution in [0.2, 0.25) is 0 Å². The maximum absolute atomic E-state index is 2.38. The molecule has 0 spiro atoms. The van der Waals surface area contributed by atoms with Crippen LogP contribution in [0.25, 0.3) is 0 Å². The third-order valence-electron chi connectivity index (χ3n) is 2.31. The lowest BCUT2D eigenvalue weighted by Crippen LogP contribution is -2.42. The van der Waals surface area contributed by atoms with E-state index >= 15 is 0 Å². The SMILES string of the molecule is CCC1C(C)=CN(C)CN1C. The van der Waals surface area contributed by atoms with Crippen molar-refractivity contribution < 1.29 is 0 Å². The number of nitrogens with zero attached hydrogens (tertiary/aromatic N) is 2. The molecule has 64 valence electrons. The summed E-state index contributed by atoms with van der Waals surface area (Å²) in [6.07, 6.45) is 3.46. The topological polar surface area (TPSA) is 6.48 Å². The Hall–Kier alpha value is -0.500. The Morgan fingerprint density at radius 1 is 1.55 bits per heavy atom. The molecule has 0 aromatic rings. The zero-order valence-corrected chi connectivity index (χ0v) is 7.96. The van der Waals surface area contributed by atoms with Crippen LogP contribution >= 0.6 is 0 Å². The fourth-order valence-corrected chi connectivity index (χ4v) is 1.91. The predicted octanol–water partition coefficient (Wildman–Crippen LogP) is 1.50. The smallest absolute Gasteiger partial charge is 0.0700 e. The van der Waals surface area contributed by atoms with Gasteiger partial charge in [0, 0.05) is 19.3 Å². The molecule has 2 nitrogen and oxygen atoms in total. The molecule has 0 saturated carbocycles. The van der Waals surface area contributed by atoms with E-state index in [0.717, 1.165) is 6.67 Å². The minimum absolute atomic E-state index is 0.659. The van der Waals surface area contributed by atoms with Gasteiger partial charge in [-0.2, -0.15) is 0 Å². The molecule has 2 heteroatoms. The first-order chi connectivity index (χ1) is 5.15. The van der Waals surface area contributed by atoms with Gasteiger partial charge in [-0.3, -0.25) is 4.90 Å². The molecule has 1 atom stereocenters. The maximum atomic E-state index is 2.38. The van der Waals surface area contributed by atoms with Crippen molar-refractivity contribution in [1.29, 1.82) is 0 Å². The monoisotopic (exact) mass is 154 g/mol. The van der Waals surface area contributed by atoms with Crippen LogP contribution in [0.4, 0.5) is 0 Å². The average Bonchev–Trinajstić information content (AvgIpc) is 1.85. The lowest BCUT2D eigenvalue weighted by molar-refractivity contribution is 0.162. The number of likely N-dealkylation sites (N-methyl/N-ethyl adjacent to an activating group) is 1. The van der Waals surface area contributed by atoms with Gasteiger partial charge in [-0.05, 0) is 26.0 Å². The summed E-state index contributed by atoms with van der Waals surface area (Å²) in [5, 5.41) is 0. The quantitative estimate of drug-likeness (QED) is 0.565. The highest BCUT2D eigenvalue weighted by atomic mass is 15.3. The predicted molar refractivity (Wildman–Crippen MR) is 48.2 cm³/mol. The second-order valence-corrected chi connectivity index (χ2v) is 3.45. The third-order valence-corrected chi connectivity index (χ3v) is 2.31. The zero-order valence-electron chi connectivity index (χ0n) is 7.96. The van der Waals surface area contributed by atoms with Gasteiger partial charge in [0.05, 0.1) is 6.67 Å². The van der Waals surface area contributed by atoms with Crippen molar-refractivity contribution in [2.45, 2.75) is 26.3 Å². The molecule has 0 N–H and O–H groups in total. The van der Waals surface area contributed by atoms with Crippen molar-refractivity contribution >= 4 is 0 Å². The summed E-state index contributed by atoms with van der Waals surface area (Å²) in [6, 6.07) is 0.659. The van der Waals surface area contributed by atoms with E-state index in [9.17, 15) is 0 Å². The summed E-state index contributed by atoms with van der Waals surface area (Å²) in [5.74, 6) is 0. The molecule has 0 amide bonds. The summed E-state index contributed by atoms with van der Waals surface area (Å²) in [7, 11) is 4.30. The molecule has 1 aliphatic heterocycles. The molecule has 0 saturated heterocycles. The van der Waals surface area contributed by atoms with Gasteiger partial charge in [0.1, 0.15) is 0 Å². The molecule has 0 aromatic carbocycles. The largest absolute Gasteiger partial charge is 0.368 e. The van der Waals surface area contributed by atoms with Crippen molar-refractivity contribution in [3.8, 4) is 0 Å². The highest BCUT2D eigenvalue weighted by Gasteiger charge is 2.19. The normalized spacial score (nSPS) is 27.1. The molecule has 0 aliphatic carbocycles. The first-order valence-corrected chi connectivity index (χ1v) is 4.24. The molecule has 11 heavy (non-hydrogen) atoms. The van der Waals surface area contributed by atoms with Crippen LogP contribution in [0.5, 0.6) is 0 Å². The van der Waals surface area contributed by atoms with Gasteiger partial charge >= 0.3 is 0 Å². The minimum Gasteiger partial charge on any atom is -0.368 e. The van der Waals surface area contributed by atoms with E-state index in [1.54, 1.807) is 0 Å². The molecule has 1 aliphatic rings. The third kappa shape index (κ3) is 1.74. The van der Waals surface area contributed by atoms with Gasteiger partial charge < -0.3 is 4.90 Å². The fourth-order valence-electron chi connectivity index (χ4n) is 1.91. The Labute approximate surface area is 69.5 Å². The Morgan fingerprint density at radius 3 is 2.64 bits per heavy atom. The molecule has 1 rings (SSSR count). The van der Waals surface area contributed by atoms with Gasteiger partial charge in [0.15, 0.2) is 0 Å². The lowest BCUT2D eigenvalue weighted by Gasteiger charge is -2.36. The van der Waals surface area contributed by atoms with E-state index in [4.69, 9.17) is 0 Å². The number of hydrogen-bond donors (Lipinski definition) is 0. The summed E-state index contributed by atoms with van der Waals surface area (Å²) in [4.78, 5) is 4.61. The van der Waals surface area contributed by atoms with Crippen LogP contribution in [0.15, 0.2) is 11.8 Å². The van der Waals surface area contributed by atoms with Gasteiger partial charge in [0.2, 0.25) is 0 Å². The van der Waals surface area contributed by atoms with Crippen molar-refractivity contribution in [3.63, 3.8) is 0 Å². The Kier molecular flexibility index (Phi) is 2.55. The summed E-state index contributed by atoms with van der Waals surface area (Å²) >= 11 is 0. The van der Waals surface area contributed by atoms with Crippen molar-refractivity contribution in [3.05, 3.63) is 11.8 Å². The second-order valence-electron chi connectivity index (χ2n) is 3.45. The summed E-state index contributed by atoms with van der Waals surface area (Å²) in [5.41, 5.74) is 1.48. The van der Waals surface area contributed by atoms with Gasteiger partial charge in [-0.25, -0.2) is 0 Å². The first kappa shape index (κ1) is 8.60. The highest BCUT2D eigenvalue weighted by molar-refractivity contribution is 5.09. The molecule has 0 radical (unpaired) electrons. The summed E-state index contributed by atoms with van der Waals surface area (Å²) < 4.78 is 0. The van der Waals surface area contributed by atoms with Crippen LogP contribution in [0, 0.1) is 0 Å². The lowest BCUT2D eigenvalue weighted by atomic mass is 10.0. The Balaban J connectivity index is 2.71. The van der Waals surface area contributed by atoms with Crippen LogP contribution < -0.4 is 0 Å². The first-order valence-electron chi connectivity index (χ1n) is 4.24. The highest BCUT2D eigenvalue weighted by Crippen LogP contribution is 2.17. The maximum Gasteiger partial charge on any atom is 0.0700 e. The Bertz CT molecular complexity index is 163. The van der Waals surface area contributed by atoms with E-state index in [0.29, 0.717) is 6.04 Å². The molecular formula is C9H18N2. The van der Waals surface area contributed by atoms with Crippen LogP contribution in [-0.4, -0.2) is 36.6 Å². The number of rotatable bonds is 1. The molecular weight excluding hydrogens is 136 g/mol. The molecule has 0 bridgehead atoms. The zero-order chi connectivity index (χ0) is 8.43. The molecule has 0 fully saturated rings. The van der Waals surface area contributed by atoms with Gasteiger partial charge in [-0.15, -0.1) is 0 Å². The number of hydrogen-bond acceptors (Lipinski definition) is 2. The van der Waals surface area contributed by atoms with Crippen molar-refractivity contribution in [2.75, 3.05) is 20.8 Å². The van der Waals surface area contributed by atoms with Crippen molar-refractivity contribution in [1.82, 2.24) is 9.80 Å². The standard InChI is InChI=1S/C9H18N2/c1-5-9-8(2)6-10(3)7-11(9)4/h6,9H,5,7H2,1-4H3. The van der Waals surface area contributed by atoms with Crippen LogP contribution in [0.3, 0.4) is 0 Å². The molecule has 1 unspecified atom stereocenters. The minimum atomic E-state index is 0.659. The van der Waals surface area contributed by atoms with E-state index in [1.807, 2.05) is 0 Å². The van der Waals surface area contributed by atoms with E-state index in [1.165, 1.54) is 12.0 Å². The van der Waals surface area contributed by atoms with E-state index < -0.39 is 0 Å². The fraction of sp³-hybridized carbons (Fsp3) is 0.778. The van der Waals surface area contributed by atoms with Crippen molar-refractivity contribution in [2.24, 2.45) is 0 Å². The Morgan fingerprint density at radius 2 is 2.18 bits per heavy atom. The molecule has 1 heterocycles.